The molecular weight excluding hydrogens is 311 g/mol. The molecule has 1 aromatic carbocycles. The van der Waals surface area contributed by atoms with Crippen molar-refractivity contribution in [3.8, 4) is 11.6 Å². The van der Waals surface area contributed by atoms with Gasteiger partial charge in [0.05, 0.1) is 18.9 Å². The second-order valence-corrected chi connectivity index (χ2v) is 5.64. The van der Waals surface area contributed by atoms with E-state index in [9.17, 15) is 9.18 Å². The van der Waals surface area contributed by atoms with Crippen molar-refractivity contribution in [1.29, 1.82) is 0 Å². The lowest BCUT2D eigenvalue weighted by atomic mass is 10.2. The van der Waals surface area contributed by atoms with Crippen LogP contribution in [0.2, 0.25) is 0 Å². The number of carbonyl (C=O) groups is 1. The van der Waals surface area contributed by atoms with Gasteiger partial charge in [0.2, 0.25) is 5.88 Å². The van der Waals surface area contributed by atoms with Crippen LogP contribution in [0.3, 0.4) is 0 Å². The fourth-order valence-corrected chi connectivity index (χ4v) is 2.22. The average molecular weight is 330 g/mol. The third-order valence-electron chi connectivity index (χ3n) is 3.66. The predicted molar refractivity (Wildman–Crippen MR) is 88.0 cm³/mol. The molecule has 0 unspecified atom stereocenters. The second-order valence-electron chi connectivity index (χ2n) is 5.64. The molecule has 0 radical (unpaired) electrons. The first-order valence-corrected chi connectivity index (χ1v) is 7.99. The number of nitrogens with one attached hydrogen (secondary N) is 1. The van der Waals surface area contributed by atoms with Crippen LogP contribution in [0.5, 0.6) is 11.6 Å². The number of rotatable bonds is 7. The Morgan fingerprint density at radius 1 is 1.33 bits per heavy atom. The van der Waals surface area contributed by atoms with Crippen molar-refractivity contribution in [1.82, 2.24) is 4.98 Å². The Bertz CT molecular complexity index is 732. The Hall–Kier alpha value is -2.63. The fourth-order valence-electron chi connectivity index (χ4n) is 2.22. The molecule has 6 heteroatoms. The van der Waals surface area contributed by atoms with Gasteiger partial charge in [0.25, 0.3) is 5.91 Å². The zero-order chi connectivity index (χ0) is 16.9. The molecule has 2 aromatic rings. The highest BCUT2D eigenvalue weighted by molar-refractivity contribution is 6.06. The normalized spacial score (nSPS) is 13.4. The van der Waals surface area contributed by atoms with Crippen molar-refractivity contribution in [2.24, 2.45) is 5.92 Å². The number of hydrogen-bond donors (Lipinski definition) is 1. The van der Waals surface area contributed by atoms with E-state index in [1.807, 2.05) is 6.92 Å². The van der Waals surface area contributed by atoms with Gasteiger partial charge in [0, 0.05) is 12.3 Å². The maximum absolute atomic E-state index is 13.6. The molecule has 126 valence electrons. The Kier molecular flexibility index (Phi) is 4.93. The number of amides is 1. The second kappa shape index (κ2) is 7.29. The van der Waals surface area contributed by atoms with Crippen molar-refractivity contribution in [2.75, 3.05) is 18.5 Å². The largest absolute Gasteiger partial charge is 0.491 e. The first-order valence-electron chi connectivity index (χ1n) is 7.99. The minimum Gasteiger partial charge on any atom is -0.491 e. The molecule has 5 nitrogen and oxygen atoms in total. The molecule has 1 heterocycles. The molecule has 1 amide bonds. The summed E-state index contributed by atoms with van der Waals surface area (Å²) < 4.78 is 24.6. The van der Waals surface area contributed by atoms with Gasteiger partial charge in [-0.3, -0.25) is 4.79 Å². The summed E-state index contributed by atoms with van der Waals surface area (Å²) in [6.07, 6.45) is 3.85. The minimum absolute atomic E-state index is 0.245. The van der Waals surface area contributed by atoms with Crippen molar-refractivity contribution in [3.63, 3.8) is 0 Å². The topological polar surface area (TPSA) is 60.5 Å². The monoisotopic (exact) mass is 330 g/mol. The van der Waals surface area contributed by atoms with Gasteiger partial charge < -0.3 is 14.8 Å². The molecule has 0 atom stereocenters. The lowest BCUT2D eigenvalue weighted by Gasteiger charge is -2.13. The van der Waals surface area contributed by atoms with Crippen LogP contribution < -0.4 is 14.8 Å². The van der Waals surface area contributed by atoms with Gasteiger partial charge in [0.1, 0.15) is 17.1 Å². The first-order chi connectivity index (χ1) is 11.7. The fraction of sp³-hybridized carbons (Fsp3) is 0.333. The van der Waals surface area contributed by atoms with Gasteiger partial charge in [-0.15, -0.1) is 0 Å². The smallest absolute Gasteiger partial charge is 0.261 e. The third-order valence-corrected chi connectivity index (χ3v) is 3.66. The highest BCUT2D eigenvalue weighted by Crippen LogP contribution is 2.32. The highest BCUT2D eigenvalue weighted by atomic mass is 19.1. The molecule has 0 spiro atoms. The highest BCUT2D eigenvalue weighted by Gasteiger charge is 2.23. The van der Waals surface area contributed by atoms with Crippen LogP contribution in [0, 0.1) is 11.7 Å². The van der Waals surface area contributed by atoms with Crippen LogP contribution in [0.25, 0.3) is 0 Å². The summed E-state index contributed by atoms with van der Waals surface area (Å²) in [6, 6.07) is 7.34. The Morgan fingerprint density at radius 2 is 2.17 bits per heavy atom. The van der Waals surface area contributed by atoms with Crippen LogP contribution >= 0.6 is 0 Å². The summed E-state index contributed by atoms with van der Waals surface area (Å²) in [4.78, 5) is 16.6. The molecule has 1 N–H and O–H groups in total. The molecule has 1 aliphatic carbocycles. The van der Waals surface area contributed by atoms with E-state index >= 15 is 0 Å². The lowest BCUT2D eigenvalue weighted by Crippen LogP contribution is -2.15. The van der Waals surface area contributed by atoms with E-state index in [0.717, 1.165) is 12.8 Å². The zero-order valence-corrected chi connectivity index (χ0v) is 13.4. The molecule has 1 aromatic heterocycles. The Labute approximate surface area is 139 Å². The minimum atomic E-state index is -0.444. The van der Waals surface area contributed by atoms with E-state index in [2.05, 4.69) is 10.3 Å². The van der Waals surface area contributed by atoms with E-state index in [0.29, 0.717) is 30.6 Å². The summed E-state index contributed by atoms with van der Waals surface area (Å²) >= 11 is 0. The van der Waals surface area contributed by atoms with Crippen LogP contribution in [0.1, 0.15) is 30.1 Å². The SMILES string of the molecule is CCOc1ncccc1C(=O)Nc1cc(F)ccc1OCC1CC1. The van der Waals surface area contributed by atoms with Crippen molar-refractivity contribution >= 4 is 11.6 Å². The van der Waals surface area contributed by atoms with Crippen LogP contribution in [0.4, 0.5) is 10.1 Å². The maximum Gasteiger partial charge on any atom is 0.261 e. The predicted octanol–water partition coefficient (Wildman–Crippen LogP) is 3.66. The van der Waals surface area contributed by atoms with Crippen molar-refractivity contribution in [3.05, 3.63) is 47.9 Å². The summed E-state index contributed by atoms with van der Waals surface area (Å²) in [7, 11) is 0. The standard InChI is InChI=1S/C18H19FN2O3/c1-2-23-18-14(4-3-9-20-18)17(22)21-15-10-13(19)7-8-16(15)24-11-12-5-6-12/h3-4,7-10,12H,2,5-6,11H2,1H3,(H,21,22). The Morgan fingerprint density at radius 3 is 2.92 bits per heavy atom. The van der Waals surface area contributed by atoms with Gasteiger partial charge in [-0.1, -0.05) is 0 Å². The average Bonchev–Trinajstić information content (AvgIpc) is 3.39. The van der Waals surface area contributed by atoms with Gasteiger partial charge in [-0.2, -0.15) is 0 Å². The molecule has 0 aliphatic heterocycles. The quantitative estimate of drug-likeness (QED) is 0.841. The van der Waals surface area contributed by atoms with E-state index in [1.165, 1.54) is 18.2 Å². The van der Waals surface area contributed by atoms with Gasteiger partial charge in [0.15, 0.2) is 0 Å². The first kappa shape index (κ1) is 16.2. The summed E-state index contributed by atoms with van der Waals surface area (Å²) in [5.74, 6) is 0.392. The zero-order valence-electron chi connectivity index (χ0n) is 13.4. The molecule has 1 saturated carbocycles. The van der Waals surface area contributed by atoms with Crippen LogP contribution in [-0.4, -0.2) is 24.1 Å². The summed E-state index contributed by atoms with van der Waals surface area (Å²) in [5.41, 5.74) is 0.587. The Balaban J connectivity index is 1.79. The number of ether oxygens (including phenoxy) is 2. The third kappa shape index (κ3) is 4.01. The van der Waals surface area contributed by atoms with Crippen LogP contribution in [0.15, 0.2) is 36.5 Å². The molecule has 0 bridgehead atoms. The molecular formula is C18H19FN2O3. The van der Waals surface area contributed by atoms with E-state index in [4.69, 9.17) is 9.47 Å². The number of carbonyl (C=O) groups excluding carboxylic acids is 1. The lowest BCUT2D eigenvalue weighted by molar-refractivity contribution is 0.102. The number of hydrogen-bond acceptors (Lipinski definition) is 4. The number of pyridine rings is 1. The molecule has 1 fully saturated rings. The number of benzene rings is 1. The number of halogens is 1. The molecule has 0 saturated heterocycles. The van der Waals surface area contributed by atoms with Gasteiger partial charge in [-0.05, 0) is 49.9 Å². The number of anilines is 1. The van der Waals surface area contributed by atoms with Crippen molar-refractivity contribution < 1.29 is 18.7 Å². The van der Waals surface area contributed by atoms with E-state index in [-0.39, 0.29) is 11.4 Å². The number of nitrogens with zero attached hydrogens (tertiary/aromatic N) is 1. The molecule has 3 rings (SSSR count). The van der Waals surface area contributed by atoms with E-state index in [1.54, 1.807) is 18.3 Å². The molecule has 1 aliphatic rings. The molecule has 24 heavy (non-hydrogen) atoms. The van der Waals surface area contributed by atoms with Crippen molar-refractivity contribution in [2.45, 2.75) is 19.8 Å². The van der Waals surface area contributed by atoms with Gasteiger partial charge in [-0.25, -0.2) is 9.37 Å². The van der Waals surface area contributed by atoms with Crippen LogP contribution in [-0.2, 0) is 0 Å². The summed E-state index contributed by atoms with van der Waals surface area (Å²) in [5, 5.41) is 2.69. The van der Waals surface area contributed by atoms with Gasteiger partial charge >= 0.3 is 0 Å². The number of aromatic nitrogens is 1. The van der Waals surface area contributed by atoms with E-state index < -0.39 is 11.7 Å². The maximum atomic E-state index is 13.6. The summed E-state index contributed by atoms with van der Waals surface area (Å²) in [6.45, 7) is 2.78.